The van der Waals surface area contributed by atoms with Crippen LogP contribution in [-0.4, -0.2) is 103 Å². The van der Waals surface area contributed by atoms with Crippen molar-refractivity contribution in [3.63, 3.8) is 0 Å². The van der Waals surface area contributed by atoms with Crippen LogP contribution in [0, 0.1) is 5.92 Å². The van der Waals surface area contributed by atoms with Crippen molar-refractivity contribution < 1.29 is 61.0 Å². The number of hydrogen-bond acceptors (Lipinski definition) is 10. The minimum atomic E-state index is -5.08. The molecule has 9 N–H and O–H groups in total. The van der Waals surface area contributed by atoms with Crippen LogP contribution in [0.4, 0.5) is 13.2 Å². The van der Waals surface area contributed by atoms with E-state index in [2.05, 4.69) is 9.46 Å². The van der Waals surface area contributed by atoms with Crippen molar-refractivity contribution in [1.82, 2.24) is 9.03 Å². The molecule has 0 aliphatic carbocycles. The van der Waals surface area contributed by atoms with Crippen molar-refractivity contribution in [2.24, 2.45) is 17.4 Å². The van der Waals surface area contributed by atoms with Gasteiger partial charge in [-0.25, -0.2) is 4.79 Å². The first-order valence-electron chi connectivity index (χ1n) is 9.15. The average molecular weight is 510 g/mol. The van der Waals surface area contributed by atoms with E-state index in [4.69, 9.17) is 31.4 Å². The molecule has 1 fully saturated rings. The van der Waals surface area contributed by atoms with Gasteiger partial charge in [-0.2, -0.15) is 30.6 Å². The Balaban J connectivity index is 0.00000126. The number of esters is 1. The molecule has 3 atom stereocenters. The molecule has 0 spiro atoms. The summed E-state index contributed by atoms with van der Waals surface area (Å²) in [6.45, 7) is -1.04. The van der Waals surface area contributed by atoms with E-state index in [9.17, 15) is 36.3 Å². The molecule has 1 aliphatic rings. The Morgan fingerprint density at radius 1 is 1.30 bits per heavy atom. The van der Waals surface area contributed by atoms with Gasteiger partial charge in [0.05, 0.1) is 7.11 Å². The predicted octanol–water partition coefficient (Wildman–Crippen LogP) is -3.08. The van der Waals surface area contributed by atoms with E-state index in [1.807, 2.05) is 0 Å². The molecule has 0 radical (unpaired) electrons. The molecule has 33 heavy (non-hydrogen) atoms. The Kier molecular flexibility index (Phi) is 11.7. The normalized spacial score (nSPS) is 22.1. The fourth-order valence-corrected chi connectivity index (χ4v) is 4.07. The lowest BCUT2D eigenvalue weighted by atomic mass is 9.78. The van der Waals surface area contributed by atoms with Gasteiger partial charge in [-0.05, 0) is 12.7 Å². The first-order chi connectivity index (χ1) is 14.9. The minimum Gasteiger partial charge on any atom is -0.480 e. The zero-order valence-electron chi connectivity index (χ0n) is 17.4. The summed E-state index contributed by atoms with van der Waals surface area (Å²) >= 11 is 0. The van der Waals surface area contributed by atoms with Crippen molar-refractivity contribution in [3.8, 4) is 0 Å². The van der Waals surface area contributed by atoms with E-state index >= 15 is 0 Å². The highest BCUT2D eigenvalue weighted by atomic mass is 32.2. The number of nitrogens with one attached hydrogen (secondary N) is 1. The van der Waals surface area contributed by atoms with Crippen molar-refractivity contribution in [3.05, 3.63) is 0 Å². The van der Waals surface area contributed by atoms with Gasteiger partial charge in [0, 0.05) is 25.6 Å². The molecule has 1 saturated heterocycles. The number of carboxylic acid groups (broad SMARTS) is 2. The van der Waals surface area contributed by atoms with Crippen LogP contribution in [0.25, 0.3) is 0 Å². The smallest absolute Gasteiger partial charge is 0.480 e. The molecule has 0 aromatic carbocycles. The van der Waals surface area contributed by atoms with Gasteiger partial charge in [0.1, 0.15) is 11.6 Å². The van der Waals surface area contributed by atoms with Crippen LogP contribution in [0.15, 0.2) is 0 Å². The van der Waals surface area contributed by atoms with Gasteiger partial charge >= 0.3 is 31.2 Å². The molecule has 0 aromatic rings. The lowest BCUT2D eigenvalue weighted by molar-refractivity contribution is -0.192. The van der Waals surface area contributed by atoms with Gasteiger partial charge in [0.2, 0.25) is 0 Å². The molecule has 0 aromatic heterocycles. The average Bonchev–Trinajstić information content (AvgIpc) is 3.04. The topological polar surface area (TPSA) is 243 Å². The number of aliphatic carboxylic acids is 2. The van der Waals surface area contributed by atoms with E-state index in [1.165, 1.54) is 0 Å². The van der Waals surface area contributed by atoms with Crippen LogP contribution in [0.5, 0.6) is 0 Å². The number of alkyl halides is 3. The van der Waals surface area contributed by atoms with Crippen molar-refractivity contribution >= 4 is 35.2 Å². The molecule has 0 saturated carbocycles. The molecule has 19 heteroatoms. The second-order valence-electron chi connectivity index (χ2n) is 7.03. The fraction of sp³-hybridized carbons (Fsp3) is 0.786. The first kappa shape index (κ1) is 31.0. The number of rotatable bonds is 10. The summed E-state index contributed by atoms with van der Waals surface area (Å²) in [4.78, 5) is 31.7. The third-order valence-corrected chi connectivity index (χ3v) is 6.07. The Bertz CT molecular complexity index is 801. The van der Waals surface area contributed by atoms with Gasteiger partial charge in [0.25, 0.3) is 10.2 Å². The Morgan fingerprint density at radius 3 is 2.21 bits per heavy atom. The molecule has 1 aliphatic heterocycles. The summed E-state index contributed by atoms with van der Waals surface area (Å²) in [5.74, 6) is -5.62. The molecule has 192 valence electrons. The summed E-state index contributed by atoms with van der Waals surface area (Å²) < 4.78 is 63.9. The van der Waals surface area contributed by atoms with Crippen LogP contribution < -0.4 is 16.2 Å². The van der Waals surface area contributed by atoms with Gasteiger partial charge in [-0.3, -0.25) is 9.59 Å². The summed E-state index contributed by atoms with van der Waals surface area (Å²) in [6.07, 6.45) is -4.59. The highest BCUT2D eigenvalue weighted by Gasteiger charge is 2.52. The van der Waals surface area contributed by atoms with Crippen molar-refractivity contribution in [2.45, 2.75) is 36.9 Å². The lowest BCUT2D eigenvalue weighted by Gasteiger charge is -2.25. The maximum Gasteiger partial charge on any atom is 0.490 e. The summed E-state index contributed by atoms with van der Waals surface area (Å²) in [5.41, 5.74) is 9.58. The standard InChI is InChI=1S/C12H25BN4O8S.C2HF3O2/c1-25-10(18)9(14)5-16-26(23,24)17-6-8(3-2-4-13(21)22)12(15,7-17)11(19)20;3-2(4,5)1(6)7/h8-9,16,21-22H,2-7,14-15H2,1H3,(H,19,20);(H,6,7)/t8-,9+,12-;/m1./s1. The number of carboxylic acids is 2. The Morgan fingerprint density at radius 2 is 1.82 bits per heavy atom. The number of carbonyl (C=O) groups excluding carboxylic acids is 1. The largest absolute Gasteiger partial charge is 0.490 e. The number of methoxy groups -OCH3 is 1. The number of nitrogens with zero attached hydrogens (tertiary/aromatic N) is 1. The molecule has 1 heterocycles. The molecule has 0 bridgehead atoms. The van der Waals surface area contributed by atoms with Gasteiger partial charge in [-0.1, -0.05) is 6.42 Å². The van der Waals surface area contributed by atoms with E-state index in [0.29, 0.717) is 0 Å². The van der Waals surface area contributed by atoms with E-state index in [1.54, 1.807) is 0 Å². The fourth-order valence-electron chi connectivity index (χ4n) is 2.74. The first-order valence-corrected chi connectivity index (χ1v) is 10.6. The second-order valence-corrected chi connectivity index (χ2v) is 8.79. The molecular formula is C14H26BF3N4O10S. The van der Waals surface area contributed by atoms with E-state index in [-0.39, 0.29) is 25.7 Å². The van der Waals surface area contributed by atoms with Gasteiger partial charge in [0.15, 0.2) is 0 Å². The van der Waals surface area contributed by atoms with Crippen LogP contribution in [0.1, 0.15) is 12.8 Å². The Labute approximate surface area is 187 Å². The van der Waals surface area contributed by atoms with Crippen LogP contribution in [0.3, 0.4) is 0 Å². The van der Waals surface area contributed by atoms with E-state index in [0.717, 1.165) is 11.4 Å². The molecule has 14 nitrogen and oxygen atoms in total. The summed E-state index contributed by atoms with van der Waals surface area (Å²) in [7, 11) is -4.54. The quantitative estimate of drug-likeness (QED) is 0.114. The number of hydrogen-bond donors (Lipinski definition) is 7. The van der Waals surface area contributed by atoms with Gasteiger partial charge in [-0.15, -0.1) is 0 Å². The lowest BCUT2D eigenvalue weighted by Crippen LogP contribution is -2.55. The molecule has 1 rings (SSSR count). The van der Waals surface area contributed by atoms with Crippen LogP contribution in [0.2, 0.25) is 6.32 Å². The SMILES string of the molecule is COC(=O)[C@@H](N)CNS(=O)(=O)N1C[C@@H](CCCB(O)O)[C@@](N)(C(=O)O)C1.O=C(O)C(F)(F)F. The van der Waals surface area contributed by atoms with Crippen molar-refractivity contribution in [2.75, 3.05) is 26.7 Å². The third-order valence-electron chi connectivity index (χ3n) is 4.58. The third kappa shape index (κ3) is 9.78. The maximum absolute atomic E-state index is 12.4. The number of ether oxygens (including phenoxy) is 1. The number of carbonyl (C=O) groups is 3. The zero-order valence-corrected chi connectivity index (χ0v) is 18.2. The summed E-state index contributed by atoms with van der Waals surface area (Å²) in [6, 6.07) is -1.21. The highest BCUT2D eigenvalue weighted by Crippen LogP contribution is 2.31. The van der Waals surface area contributed by atoms with Gasteiger partial charge < -0.3 is 36.5 Å². The highest BCUT2D eigenvalue weighted by molar-refractivity contribution is 7.87. The maximum atomic E-state index is 12.4. The second kappa shape index (κ2) is 12.4. The predicted molar refractivity (Wildman–Crippen MR) is 104 cm³/mol. The molecular weight excluding hydrogens is 484 g/mol. The number of nitrogens with two attached hydrogens (primary N) is 2. The minimum absolute atomic E-state index is 0.0190. The van der Waals surface area contributed by atoms with Crippen LogP contribution in [-0.2, 0) is 29.3 Å². The molecule has 0 amide bonds. The van der Waals surface area contributed by atoms with Crippen LogP contribution >= 0.6 is 0 Å². The van der Waals surface area contributed by atoms with E-state index < -0.39 is 72.0 Å². The molecule has 0 unspecified atom stereocenters. The Hall–Kier alpha value is -2.03. The van der Waals surface area contributed by atoms with Crippen molar-refractivity contribution in [1.29, 1.82) is 0 Å². The number of halogens is 3. The monoisotopic (exact) mass is 510 g/mol. The summed E-state index contributed by atoms with van der Waals surface area (Å²) in [5, 5.41) is 34.3. The zero-order chi connectivity index (χ0) is 26.2.